The van der Waals surface area contributed by atoms with Crippen LogP contribution in [-0.2, 0) is 8.85 Å². The molecule has 0 aromatic heterocycles. The highest BCUT2D eigenvalue weighted by molar-refractivity contribution is 9.10. The molecule has 0 N–H and O–H groups in total. The maximum Gasteiger partial charge on any atom is 0.351 e. The lowest BCUT2D eigenvalue weighted by Crippen LogP contribution is -2.48. The summed E-state index contributed by atoms with van der Waals surface area (Å²) in [6.45, 7) is 4.30. The quantitative estimate of drug-likeness (QED) is 0.536. The molecule has 0 saturated heterocycles. The molecule has 0 saturated carbocycles. The van der Waals surface area contributed by atoms with Crippen LogP contribution in [0.15, 0.2) is 0 Å². The molecule has 0 aromatic rings. The second-order valence-corrected chi connectivity index (χ2v) is 8.62. The molecular formula is C8H19BrO2Si. The highest BCUT2D eigenvalue weighted by atomic mass is 79.9. The van der Waals surface area contributed by atoms with E-state index in [1.165, 1.54) is 0 Å². The fourth-order valence-electron chi connectivity index (χ4n) is 1.32. The van der Waals surface area contributed by atoms with Crippen molar-refractivity contribution < 1.29 is 8.85 Å². The topological polar surface area (TPSA) is 18.5 Å². The summed E-state index contributed by atoms with van der Waals surface area (Å²) in [6, 6.07) is 0.996. The molecule has 2 nitrogen and oxygen atoms in total. The van der Waals surface area contributed by atoms with Gasteiger partial charge in [-0.15, -0.1) is 0 Å². The smallest absolute Gasteiger partial charge is 0.351 e. The molecule has 0 aliphatic carbocycles. The van der Waals surface area contributed by atoms with E-state index in [2.05, 4.69) is 29.8 Å². The Morgan fingerprint density at radius 2 is 1.75 bits per heavy atom. The van der Waals surface area contributed by atoms with Crippen LogP contribution in [0.5, 0.6) is 0 Å². The molecule has 0 rings (SSSR count). The summed E-state index contributed by atoms with van der Waals surface area (Å²) in [5, 5.41) is 0. The van der Waals surface area contributed by atoms with Crippen LogP contribution in [0, 0.1) is 0 Å². The summed E-state index contributed by atoms with van der Waals surface area (Å²) in [6.07, 6.45) is 2.29. The minimum absolute atomic E-state index is 0.412. The van der Waals surface area contributed by atoms with Gasteiger partial charge in [0.05, 0.1) is 4.45 Å². The molecule has 12 heavy (non-hydrogen) atoms. The van der Waals surface area contributed by atoms with E-state index in [0.717, 1.165) is 18.9 Å². The van der Waals surface area contributed by atoms with Crippen molar-refractivity contribution in [2.45, 2.75) is 37.2 Å². The van der Waals surface area contributed by atoms with E-state index in [4.69, 9.17) is 8.85 Å². The second kappa shape index (κ2) is 6.13. The molecule has 1 atom stereocenters. The Morgan fingerprint density at radius 1 is 1.25 bits per heavy atom. The molecule has 74 valence electrons. The van der Waals surface area contributed by atoms with Crippen LogP contribution in [0.3, 0.4) is 0 Å². The molecule has 0 aromatic carbocycles. The van der Waals surface area contributed by atoms with Crippen LogP contribution in [0.4, 0.5) is 0 Å². The summed E-state index contributed by atoms with van der Waals surface area (Å²) in [7, 11) is 1.58. The van der Waals surface area contributed by atoms with Crippen molar-refractivity contribution in [1.82, 2.24) is 0 Å². The zero-order valence-corrected chi connectivity index (χ0v) is 11.0. The van der Waals surface area contributed by atoms with Gasteiger partial charge in [-0.05, 0) is 12.5 Å². The van der Waals surface area contributed by atoms with Crippen molar-refractivity contribution in [3.05, 3.63) is 0 Å². The lowest BCUT2D eigenvalue weighted by atomic mass is 10.4. The van der Waals surface area contributed by atoms with Crippen LogP contribution in [0.2, 0.25) is 6.04 Å². The first-order chi connectivity index (χ1) is 5.66. The van der Waals surface area contributed by atoms with Crippen LogP contribution in [0.1, 0.15) is 26.7 Å². The molecule has 0 aliphatic heterocycles. The van der Waals surface area contributed by atoms with Crippen molar-refractivity contribution in [2.75, 3.05) is 14.2 Å². The summed E-state index contributed by atoms with van der Waals surface area (Å²) in [5.74, 6) is 0. The molecule has 0 amide bonds. The van der Waals surface area contributed by atoms with Crippen LogP contribution < -0.4 is 0 Å². The lowest BCUT2D eigenvalue weighted by Gasteiger charge is -2.30. The Kier molecular flexibility index (Phi) is 6.44. The van der Waals surface area contributed by atoms with Crippen molar-refractivity contribution in [3.63, 3.8) is 0 Å². The summed E-state index contributed by atoms with van der Waals surface area (Å²) < 4.78 is 11.5. The zero-order chi connectivity index (χ0) is 9.61. The minimum atomic E-state index is -1.93. The van der Waals surface area contributed by atoms with E-state index in [1.807, 2.05) is 0 Å². The molecule has 1 unspecified atom stereocenters. The lowest BCUT2D eigenvalue weighted by molar-refractivity contribution is 0.240. The summed E-state index contributed by atoms with van der Waals surface area (Å²) in [4.78, 5) is 0. The largest absolute Gasteiger partial charge is 0.397 e. The van der Waals surface area contributed by atoms with Gasteiger partial charge in [0, 0.05) is 14.2 Å². The number of hydrogen-bond donors (Lipinski definition) is 0. The fourth-order valence-corrected chi connectivity index (χ4v) is 6.30. The average Bonchev–Trinajstić information content (AvgIpc) is 2.09. The molecule has 0 radical (unpaired) electrons. The first kappa shape index (κ1) is 12.6. The van der Waals surface area contributed by atoms with E-state index in [-0.39, 0.29) is 0 Å². The third-order valence-corrected chi connectivity index (χ3v) is 8.36. The van der Waals surface area contributed by atoms with E-state index >= 15 is 0 Å². The van der Waals surface area contributed by atoms with Gasteiger partial charge in [0.15, 0.2) is 0 Å². The van der Waals surface area contributed by atoms with Crippen LogP contribution in [-0.4, -0.2) is 27.2 Å². The number of hydrogen-bond acceptors (Lipinski definition) is 2. The van der Waals surface area contributed by atoms with Gasteiger partial charge in [-0.3, -0.25) is 0 Å². The Morgan fingerprint density at radius 3 is 2.00 bits per heavy atom. The SMILES string of the molecule is CCCC(Br)[Si](CC)(OC)OC. The Labute approximate surface area is 85.0 Å². The highest BCUT2D eigenvalue weighted by Crippen LogP contribution is 2.25. The molecular weight excluding hydrogens is 236 g/mol. The Hall–Kier alpha value is 0.617. The van der Waals surface area contributed by atoms with E-state index in [1.54, 1.807) is 14.2 Å². The van der Waals surface area contributed by atoms with Crippen LogP contribution >= 0.6 is 15.9 Å². The molecule has 0 aliphatic rings. The van der Waals surface area contributed by atoms with Gasteiger partial charge < -0.3 is 8.85 Å². The number of alkyl halides is 1. The Balaban J connectivity index is 4.24. The van der Waals surface area contributed by atoms with Gasteiger partial charge in [-0.25, -0.2) is 0 Å². The van der Waals surface area contributed by atoms with Crippen LogP contribution in [0.25, 0.3) is 0 Å². The van der Waals surface area contributed by atoms with Gasteiger partial charge >= 0.3 is 8.56 Å². The molecule has 0 fully saturated rings. The molecule has 0 heterocycles. The number of rotatable bonds is 6. The van der Waals surface area contributed by atoms with Gasteiger partial charge in [0.2, 0.25) is 0 Å². The predicted molar refractivity (Wildman–Crippen MR) is 57.9 cm³/mol. The first-order valence-electron chi connectivity index (χ1n) is 4.41. The maximum atomic E-state index is 5.52. The van der Waals surface area contributed by atoms with Crippen molar-refractivity contribution in [3.8, 4) is 0 Å². The Bertz CT molecular complexity index is 109. The monoisotopic (exact) mass is 254 g/mol. The first-order valence-corrected chi connectivity index (χ1v) is 7.42. The number of halogens is 1. The zero-order valence-electron chi connectivity index (χ0n) is 8.39. The maximum absolute atomic E-state index is 5.52. The normalized spacial score (nSPS) is 14.8. The second-order valence-electron chi connectivity index (χ2n) is 2.83. The molecule has 0 bridgehead atoms. The van der Waals surface area contributed by atoms with Crippen molar-refractivity contribution in [1.29, 1.82) is 0 Å². The predicted octanol–water partition coefficient (Wildman–Crippen LogP) is 2.84. The molecule has 0 spiro atoms. The van der Waals surface area contributed by atoms with Crippen molar-refractivity contribution in [2.24, 2.45) is 0 Å². The standard InChI is InChI=1S/C8H19BrO2Si/c1-5-7-8(9)12(6-2,10-3)11-4/h8H,5-7H2,1-4H3. The summed E-state index contributed by atoms with van der Waals surface area (Å²) in [5.41, 5.74) is 0. The van der Waals surface area contributed by atoms with E-state index in [9.17, 15) is 0 Å². The highest BCUT2D eigenvalue weighted by Gasteiger charge is 2.40. The summed E-state index contributed by atoms with van der Waals surface area (Å²) >= 11 is 3.65. The van der Waals surface area contributed by atoms with Gasteiger partial charge in [-0.1, -0.05) is 36.2 Å². The van der Waals surface area contributed by atoms with Crippen molar-refractivity contribution >= 4 is 24.5 Å². The van der Waals surface area contributed by atoms with Gasteiger partial charge in [-0.2, -0.15) is 0 Å². The van der Waals surface area contributed by atoms with Gasteiger partial charge in [0.25, 0.3) is 0 Å². The van der Waals surface area contributed by atoms with E-state index < -0.39 is 8.56 Å². The third-order valence-electron chi connectivity index (χ3n) is 2.20. The van der Waals surface area contributed by atoms with Gasteiger partial charge in [0.1, 0.15) is 0 Å². The fraction of sp³-hybridized carbons (Fsp3) is 1.00. The average molecular weight is 255 g/mol. The molecule has 4 heteroatoms. The minimum Gasteiger partial charge on any atom is -0.397 e. The third kappa shape index (κ3) is 2.83. The van der Waals surface area contributed by atoms with E-state index in [0.29, 0.717) is 4.45 Å².